The predicted octanol–water partition coefficient (Wildman–Crippen LogP) is 0.475. The fourth-order valence-electron chi connectivity index (χ4n) is 0.206. The Labute approximate surface area is 36.2 Å². The van der Waals surface area contributed by atoms with Crippen molar-refractivity contribution < 1.29 is 0 Å². The molecule has 3 nitrogen and oxygen atoms in total. The quantitative estimate of drug-likeness (QED) is 0.494. The minimum Gasteiger partial charge on any atom is -0.286 e. The molecular weight excluding hydrogens is 78.1 g/mol. The first-order chi connectivity index (χ1) is 2.77. The third-order valence-electron chi connectivity index (χ3n) is 0.877. The van der Waals surface area contributed by atoms with Gasteiger partial charge in [-0.05, 0) is 0 Å². The maximum Gasteiger partial charge on any atom is 0.240 e. The summed E-state index contributed by atoms with van der Waals surface area (Å²) in [5.74, 6) is -0.458. The molecule has 0 aromatic heterocycles. The van der Waals surface area contributed by atoms with Crippen LogP contribution < -0.4 is 5.73 Å². The lowest BCUT2D eigenvalue weighted by atomic mass is 10.3. The summed E-state index contributed by atoms with van der Waals surface area (Å²) >= 11 is 0. The minimum atomic E-state index is -0.458. The van der Waals surface area contributed by atoms with Crippen molar-refractivity contribution in [2.45, 2.75) is 19.1 Å². The summed E-state index contributed by atoms with van der Waals surface area (Å²) in [6.07, 6.45) is 0.826. The van der Waals surface area contributed by atoms with Gasteiger partial charge in [-0.3, -0.25) is 5.73 Å². The molecule has 0 radical (unpaired) electrons. The highest BCUT2D eigenvalue weighted by Gasteiger charge is 2.31. The molecule has 0 aliphatic carbocycles. The molecule has 0 amide bonds. The van der Waals surface area contributed by atoms with Crippen LogP contribution in [0.15, 0.2) is 10.2 Å². The summed E-state index contributed by atoms with van der Waals surface area (Å²) in [6, 6.07) is 0. The lowest BCUT2D eigenvalue weighted by Crippen LogP contribution is -2.21. The molecule has 0 aromatic carbocycles. The Morgan fingerprint density at radius 2 is 2.17 bits per heavy atom. The van der Waals surface area contributed by atoms with Gasteiger partial charge in [-0.25, -0.2) is 0 Å². The fraction of sp³-hybridized carbons (Fsp3) is 1.00. The lowest BCUT2D eigenvalue weighted by Gasteiger charge is -1.91. The van der Waals surface area contributed by atoms with E-state index in [-0.39, 0.29) is 0 Å². The molecule has 0 saturated heterocycles. The van der Waals surface area contributed by atoms with Gasteiger partial charge in [-0.2, -0.15) is 0 Å². The first-order valence-electron chi connectivity index (χ1n) is 2.00. The molecule has 0 unspecified atom stereocenters. The molecule has 6 heavy (non-hydrogen) atoms. The maximum atomic E-state index is 5.31. The number of nitrogens with zero attached hydrogens (tertiary/aromatic N) is 2. The van der Waals surface area contributed by atoms with Crippen molar-refractivity contribution in [3.05, 3.63) is 0 Å². The van der Waals surface area contributed by atoms with E-state index in [1.165, 1.54) is 0 Å². The summed E-state index contributed by atoms with van der Waals surface area (Å²) in [4.78, 5) is 0. The summed E-state index contributed by atoms with van der Waals surface area (Å²) in [5.41, 5.74) is 5.31. The fourth-order valence-corrected chi connectivity index (χ4v) is 0.206. The normalized spacial score (nSPS) is 24.3. The molecule has 2 N–H and O–H groups in total. The van der Waals surface area contributed by atoms with Gasteiger partial charge in [0, 0.05) is 6.42 Å². The Morgan fingerprint density at radius 1 is 1.67 bits per heavy atom. The van der Waals surface area contributed by atoms with E-state index in [9.17, 15) is 0 Å². The van der Waals surface area contributed by atoms with Gasteiger partial charge in [0.05, 0.1) is 0 Å². The number of hydrogen-bond donors (Lipinski definition) is 1. The topological polar surface area (TPSA) is 50.7 Å². The van der Waals surface area contributed by atoms with Crippen molar-refractivity contribution in [1.82, 2.24) is 0 Å². The molecule has 1 rings (SSSR count). The molecule has 0 saturated carbocycles. The summed E-state index contributed by atoms with van der Waals surface area (Å²) < 4.78 is 0. The van der Waals surface area contributed by atoms with Crippen LogP contribution in [-0.2, 0) is 0 Å². The van der Waals surface area contributed by atoms with Gasteiger partial charge in [-0.15, -0.1) is 10.2 Å². The highest BCUT2D eigenvalue weighted by Crippen LogP contribution is 2.23. The second kappa shape index (κ2) is 0.789. The van der Waals surface area contributed by atoms with Crippen molar-refractivity contribution in [3.63, 3.8) is 0 Å². The monoisotopic (exact) mass is 85.1 g/mol. The Kier molecular flexibility index (Phi) is 0.492. The van der Waals surface area contributed by atoms with E-state index in [1.807, 2.05) is 6.92 Å². The standard InChI is InChI=1S/C3H7N3/c1-2-3(4)5-6-3/h2,4H2,1H3. The van der Waals surface area contributed by atoms with Crippen LogP contribution in [0.3, 0.4) is 0 Å². The van der Waals surface area contributed by atoms with E-state index in [4.69, 9.17) is 5.73 Å². The van der Waals surface area contributed by atoms with Crippen LogP contribution in [0, 0.1) is 0 Å². The number of nitrogens with two attached hydrogens (primary N) is 1. The third kappa shape index (κ3) is 0.408. The zero-order chi connectivity index (χ0) is 4.62. The average Bonchev–Trinajstić information content (AvgIpc) is 2.22. The molecule has 0 bridgehead atoms. The van der Waals surface area contributed by atoms with Crippen LogP contribution >= 0.6 is 0 Å². The first-order valence-corrected chi connectivity index (χ1v) is 2.00. The Balaban J connectivity index is 2.32. The van der Waals surface area contributed by atoms with Gasteiger partial charge in [0.1, 0.15) is 0 Å². The van der Waals surface area contributed by atoms with Gasteiger partial charge < -0.3 is 0 Å². The third-order valence-corrected chi connectivity index (χ3v) is 0.877. The van der Waals surface area contributed by atoms with Crippen molar-refractivity contribution in [2.24, 2.45) is 16.0 Å². The predicted molar refractivity (Wildman–Crippen MR) is 22.1 cm³/mol. The van der Waals surface area contributed by atoms with Gasteiger partial charge >= 0.3 is 0 Å². The van der Waals surface area contributed by atoms with Crippen LogP contribution in [0.4, 0.5) is 0 Å². The highest BCUT2D eigenvalue weighted by atomic mass is 15.5. The lowest BCUT2D eigenvalue weighted by molar-refractivity contribution is 0.607. The Hall–Kier alpha value is -0.440. The second-order valence-electron chi connectivity index (χ2n) is 1.43. The van der Waals surface area contributed by atoms with Crippen LogP contribution in [0.5, 0.6) is 0 Å². The maximum absolute atomic E-state index is 5.31. The van der Waals surface area contributed by atoms with E-state index in [0.29, 0.717) is 0 Å². The van der Waals surface area contributed by atoms with Gasteiger partial charge in [-0.1, -0.05) is 6.92 Å². The zero-order valence-corrected chi connectivity index (χ0v) is 3.68. The van der Waals surface area contributed by atoms with E-state index in [1.54, 1.807) is 0 Å². The molecule has 3 heteroatoms. The smallest absolute Gasteiger partial charge is 0.240 e. The summed E-state index contributed by atoms with van der Waals surface area (Å²) in [5, 5.41) is 7.11. The Morgan fingerprint density at radius 3 is 2.17 bits per heavy atom. The van der Waals surface area contributed by atoms with Gasteiger partial charge in [0.25, 0.3) is 0 Å². The van der Waals surface area contributed by atoms with E-state index >= 15 is 0 Å². The van der Waals surface area contributed by atoms with E-state index in [2.05, 4.69) is 10.2 Å². The highest BCUT2D eigenvalue weighted by molar-refractivity contribution is 4.83. The zero-order valence-electron chi connectivity index (χ0n) is 3.68. The first kappa shape index (κ1) is 3.74. The number of rotatable bonds is 1. The number of hydrogen-bond acceptors (Lipinski definition) is 3. The molecular formula is C3H7N3. The van der Waals surface area contributed by atoms with Crippen molar-refractivity contribution in [2.75, 3.05) is 0 Å². The Bertz CT molecular complexity index is 80.0. The van der Waals surface area contributed by atoms with E-state index < -0.39 is 5.79 Å². The molecule has 34 valence electrons. The molecule has 1 aliphatic rings. The summed E-state index contributed by atoms with van der Waals surface area (Å²) in [6.45, 7) is 1.96. The minimum absolute atomic E-state index is 0.458. The van der Waals surface area contributed by atoms with Crippen molar-refractivity contribution in [1.29, 1.82) is 0 Å². The molecule has 0 aromatic rings. The van der Waals surface area contributed by atoms with Gasteiger partial charge in [0.15, 0.2) is 0 Å². The molecule has 0 spiro atoms. The summed E-state index contributed by atoms with van der Waals surface area (Å²) in [7, 11) is 0. The van der Waals surface area contributed by atoms with Crippen LogP contribution in [0.1, 0.15) is 13.3 Å². The van der Waals surface area contributed by atoms with Crippen LogP contribution in [-0.4, -0.2) is 5.79 Å². The van der Waals surface area contributed by atoms with Crippen LogP contribution in [0.2, 0.25) is 0 Å². The van der Waals surface area contributed by atoms with Crippen molar-refractivity contribution >= 4 is 0 Å². The van der Waals surface area contributed by atoms with E-state index in [0.717, 1.165) is 6.42 Å². The molecule has 1 aliphatic heterocycles. The molecule has 0 atom stereocenters. The molecule has 0 fully saturated rings. The molecule has 1 heterocycles. The largest absolute Gasteiger partial charge is 0.286 e. The second-order valence-corrected chi connectivity index (χ2v) is 1.43. The van der Waals surface area contributed by atoms with Crippen molar-refractivity contribution in [3.8, 4) is 0 Å². The van der Waals surface area contributed by atoms with Crippen LogP contribution in [0.25, 0.3) is 0 Å². The van der Waals surface area contributed by atoms with Gasteiger partial charge in [0.2, 0.25) is 5.79 Å². The average molecular weight is 85.1 g/mol. The SMILES string of the molecule is CCC1(N)N=N1.